The molecule has 0 heterocycles. The lowest BCUT2D eigenvalue weighted by atomic mass is 9.86. The van der Waals surface area contributed by atoms with E-state index in [1.807, 2.05) is 0 Å². The summed E-state index contributed by atoms with van der Waals surface area (Å²) >= 11 is 0. The second-order valence-corrected chi connectivity index (χ2v) is 5.96. The van der Waals surface area contributed by atoms with Crippen LogP contribution in [0.5, 0.6) is 0 Å². The van der Waals surface area contributed by atoms with Crippen LogP contribution in [0.25, 0.3) is 0 Å². The maximum absolute atomic E-state index is 2.32. The topological polar surface area (TPSA) is 0 Å². The van der Waals surface area contributed by atoms with Crippen molar-refractivity contribution < 1.29 is 0 Å². The lowest BCUT2D eigenvalue weighted by Crippen LogP contribution is -2.10. The van der Waals surface area contributed by atoms with Gasteiger partial charge < -0.3 is 0 Å². The molecule has 1 rings (SSSR count). The van der Waals surface area contributed by atoms with Crippen LogP contribution in [0.2, 0.25) is 0 Å². The Balaban J connectivity index is 2.66. The summed E-state index contributed by atoms with van der Waals surface area (Å²) in [5.41, 5.74) is 3.11. The summed E-state index contributed by atoms with van der Waals surface area (Å²) < 4.78 is 0. The van der Waals surface area contributed by atoms with Gasteiger partial charge in [0.2, 0.25) is 0 Å². The van der Waals surface area contributed by atoms with Crippen LogP contribution in [0.4, 0.5) is 0 Å². The molecule has 0 radical (unpaired) electrons. The number of allylic oxidation sites excluding steroid dienone is 2. The summed E-state index contributed by atoms with van der Waals surface area (Å²) in [5.74, 6) is 0.635. The van der Waals surface area contributed by atoms with E-state index in [9.17, 15) is 0 Å². The van der Waals surface area contributed by atoms with Gasteiger partial charge in [-0.15, -0.1) is 0 Å². The molecule has 0 fully saturated rings. The highest BCUT2D eigenvalue weighted by Gasteiger charge is 2.12. The van der Waals surface area contributed by atoms with E-state index in [4.69, 9.17) is 0 Å². The zero-order valence-corrected chi connectivity index (χ0v) is 12.0. The summed E-state index contributed by atoms with van der Waals surface area (Å²) in [6, 6.07) is 9.09. The molecule has 0 N–H and O–H groups in total. The third-order valence-corrected chi connectivity index (χ3v) is 3.08. The minimum atomic E-state index is 0.256. The average Bonchev–Trinajstić information content (AvgIpc) is 2.26. The molecule has 0 aromatic heterocycles. The molecule has 0 amide bonds. The standard InChI is InChI=1S/C17H26/c1-6-7-8-14(2)13-15-9-11-16(12-10-15)17(3,4)5/h7-12,14H,6,13H2,1-5H3/b8-7-. The second-order valence-electron chi connectivity index (χ2n) is 5.96. The highest BCUT2D eigenvalue weighted by molar-refractivity contribution is 5.28. The van der Waals surface area contributed by atoms with Gasteiger partial charge in [0, 0.05) is 0 Å². The number of hydrogen-bond acceptors (Lipinski definition) is 0. The minimum Gasteiger partial charge on any atom is -0.0885 e. The van der Waals surface area contributed by atoms with Gasteiger partial charge in [0.05, 0.1) is 0 Å². The van der Waals surface area contributed by atoms with Crippen LogP contribution in [0.3, 0.4) is 0 Å². The molecule has 0 nitrogen and oxygen atoms in total. The Morgan fingerprint density at radius 3 is 2.18 bits per heavy atom. The SMILES string of the molecule is CC/C=C\C(C)Cc1ccc(C(C)(C)C)cc1. The smallest absolute Gasteiger partial charge is 0.0132 e. The summed E-state index contributed by atoms with van der Waals surface area (Å²) in [6.45, 7) is 11.2. The van der Waals surface area contributed by atoms with Gasteiger partial charge >= 0.3 is 0 Å². The highest BCUT2D eigenvalue weighted by Crippen LogP contribution is 2.22. The molecule has 0 saturated carbocycles. The van der Waals surface area contributed by atoms with Crippen LogP contribution in [0.1, 0.15) is 52.2 Å². The third-order valence-electron chi connectivity index (χ3n) is 3.08. The van der Waals surface area contributed by atoms with Crippen molar-refractivity contribution in [2.24, 2.45) is 5.92 Å². The first-order valence-electron chi connectivity index (χ1n) is 6.69. The van der Waals surface area contributed by atoms with E-state index in [0.29, 0.717) is 5.92 Å². The van der Waals surface area contributed by atoms with Crippen molar-refractivity contribution in [1.29, 1.82) is 0 Å². The molecule has 0 heteroatoms. The summed E-state index contributed by atoms with van der Waals surface area (Å²) in [6.07, 6.45) is 6.85. The van der Waals surface area contributed by atoms with Crippen molar-refractivity contribution >= 4 is 0 Å². The monoisotopic (exact) mass is 230 g/mol. The fourth-order valence-corrected chi connectivity index (χ4v) is 1.95. The predicted molar refractivity (Wildman–Crippen MR) is 77.4 cm³/mol. The largest absolute Gasteiger partial charge is 0.0885 e. The molecule has 0 aliphatic heterocycles. The Morgan fingerprint density at radius 1 is 1.12 bits per heavy atom. The first-order valence-corrected chi connectivity index (χ1v) is 6.69. The molecule has 0 aliphatic rings. The molecule has 1 unspecified atom stereocenters. The van der Waals surface area contributed by atoms with Gasteiger partial charge in [-0.05, 0) is 35.3 Å². The van der Waals surface area contributed by atoms with Gasteiger partial charge in [-0.2, -0.15) is 0 Å². The van der Waals surface area contributed by atoms with E-state index in [1.165, 1.54) is 11.1 Å². The van der Waals surface area contributed by atoms with Crippen LogP contribution >= 0.6 is 0 Å². The Kier molecular flexibility index (Phi) is 4.99. The quantitative estimate of drug-likeness (QED) is 0.629. The van der Waals surface area contributed by atoms with Gasteiger partial charge in [-0.25, -0.2) is 0 Å². The van der Waals surface area contributed by atoms with Crippen LogP contribution < -0.4 is 0 Å². The predicted octanol–water partition coefficient (Wildman–Crippen LogP) is 5.13. The molecule has 1 aromatic carbocycles. The number of hydrogen-bond donors (Lipinski definition) is 0. The van der Waals surface area contributed by atoms with E-state index < -0.39 is 0 Å². The highest BCUT2D eigenvalue weighted by atomic mass is 14.2. The van der Waals surface area contributed by atoms with E-state index in [2.05, 4.69) is 71.0 Å². The van der Waals surface area contributed by atoms with E-state index in [0.717, 1.165) is 12.8 Å². The Bertz CT molecular complexity index is 349. The van der Waals surface area contributed by atoms with Crippen LogP contribution in [0, 0.1) is 5.92 Å². The van der Waals surface area contributed by atoms with Gasteiger partial charge in [-0.3, -0.25) is 0 Å². The lowest BCUT2D eigenvalue weighted by molar-refractivity contribution is 0.589. The van der Waals surface area contributed by atoms with Gasteiger partial charge in [-0.1, -0.05) is 71.0 Å². The first kappa shape index (κ1) is 14.0. The Labute approximate surface area is 107 Å². The van der Waals surface area contributed by atoms with Crippen molar-refractivity contribution in [3.05, 3.63) is 47.5 Å². The molecule has 94 valence electrons. The van der Waals surface area contributed by atoms with Crippen molar-refractivity contribution in [3.8, 4) is 0 Å². The normalized spacial score (nSPS) is 14.2. The molecule has 0 bridgehead atoms. The zero-order valence-electron chi connectivity index (χ0n) is 12.0. The summed E-state index contributed by atoms with van der Waals surface area (Å²) in [7, 11) is 0. The second kappa shape index (κ2) is 6.05. The van der Waals surface area contributed by atoms with Crippen LogP contribution in [-0.2, 0) is 11.8 Å². The minimum absolute atomic E-state index is 0.256. The number of benzene rings is 1. The van der Waals surface area contributed by atoms with Crippen molar-refractivity contribution in [2.45, 2.75) is 52.9 Å². The molecule has 1 aromatic rings. The van der Waals surface area contributed by atoms with Gasteiger partial charge in [0.1, 0.15) is 0 Å². The van der Waals surface area contributed by atoms with Crippen molar-refractivity contribution in [1.82, 2.24) is 0 Å². The Hall–Kier alpha value is -1.04. The lowest BCUT2D eigenvalue weighted by Gasteiger charge is -2.19. The molecule has 0 spiro atoms. The molecule has 0 saturated heterocycles. The molecular weight excluding hydrogens is 204 g/mol. The van der Waals surface area contributed by atoms with Gasteiger partial charge in [0.25, 0.3) is 0 Å². The first-order chi connectivity index (χ1) is 7.93. The molecular formula is C17H26. The van der Waals surface area contributed by atoms with Crippen molar-refractivity contribution in [3.63, 3.8) is 0 Å². The third kappa shape index (κ3) is 4.77. The van der Waals surface area contributed by atoms with Gasteiger partial charge in [0.15, 0.2) is 0 Å². The van der Waals surface area contributed by atoms with Crippen molar-refractivity contribution in [2.75, 3.05) is 0 Å². The molecule has 1 atom stereocenters. The van der Waals surface area contributed by atoms with E-state index in [-0.39, 0.29) is 5.41 Å². The zero-order chi connectivity index (χ0) is 12.9. The van der Waals surface area contributed by atoms with Crippen LogP contribution in [0.15, 0.2) is 36.4 Å². The van der Waals surface area contributed by atoms with Crippen LogP contribution in [-0.4, -0.2) is 0 Å². The summed E-state index contributed by atoms with van der Waals surface area (Å²) in [5, 5.41) is 0. The van der Waals surface area contributed by atoms with E-state index >= 15 is 0 Å². The average molecular weight is 230 g/mol. The number of rotatable bonds is 4. The molecule has 0 aliphatic carbocycles. The Morgan fingerprint density at radius 2 is 1.71 bits per heavy atom. The maximum Gasteiger partial charge on any atom is -0.0132 e. The maximum atomic E-state index is 2.32. The fourth-order valence-electron chi connectivity index (χ4n) is 1.95. The molecule has 17 heavy (non-hydrogen) atoms. The van der Waals surface area contributed by atoms with E-state index in [1.54, 1.807) is 0 Å². The summed E-state index contributed by atoms with van der Waals surface area (Å²) in [4.78, 5) is 0. The fraction of sp³-hybridized carbons (Fsp3) is 0.529.